The third-order valence-corrected chi connectivity index (χ3v) is 2.92. The SMILES string of the molecule is CC.CC(C)(C)N1CCCc2ccccc21. The minimum atomic E-state index is 0.247. The summed E-state index contributed by atoms with van der Waals surface area (Å²) in [5.74, 6) is 0. The molecule has 0 spiro atoms. The summed E-state index contributed by atoms with van der Waals surface area (Å²) >= 11 is 0. The van der Waals surface area contributed by atoms with Crippen molar-refractivity contribution in [3.05, 3.63) is 29.8 Å². The number of anilines is 1. The Hall–Kier alpha value is -0.980. The van der Waals surface area contributed by atoms with E-state index in [1.54, 1.807) is 0 Å². The lowest BCUT2D eigenvalue weighted by atomic mass is 9.96. The zero-order valence-electron chi connectivity index (χ0n) is 11.4. The topological polar surface area (TPSA) is 3.24 Å². The first-order chi connectivity index (χ1) is 7.59. The van der Waals surface area contributed by atoms with Gasteiger partial charge in [0.25, 0.3) is 0 Å². The Balaban J connectivity index is 0.000000606. The Bertz CT molecular complexity index is 322. The Morgan fingerprint density at radius 1 is 1.06 bits per heavy atom. The summed E-state index contributed by atoms with van der Waals surface area (Å²) < 4.78 is 0. The fourth-order valence-corrected chi connectivity index (χ4v) is 2.23. The summed E-state index contributed by atoms with van der Waals surface area (Å²) in [6.07, 6.45) is 2.52. The van der Waals surface area contributed by atoms with Crippen LogP contribution in [0.15, 0.2) is 24.3 Å². The lowest BCUT2D eigenvalue weighted by Crippen LogP contribution is -2.44. The van der Waals surface area contributed by atoms with Gasteiger partial charge in [0.1, 0.15) is 0 Å². The van der Waals surface area contributed by atoms with Crippen LogP contribution in [0.2, 0.25) is 0 Å². The molecular weight excluding hydrogens is 194 g/mol. The van der Waals surface area contributed by atoms with Crippen LogP contribution in [0.25, 0.3) is 0 Å². The summed E-state index contributed by atoms with van der Waals surface area (Å²) in [6, 6.07) is 8.79. The van der Waals surface area contributed by atoms with Gasteiger partial charge in [-0.15, -0.1) is 0 Å². The van der Waals surface area contributed by atoms with Crippen LogP contribution in [0, 0.1) is 0 Å². The number of aryl methyl sites for hydroxylation is 1. The van der Waals surface area contributed by atoms with E-state index in [1.807, 2.05) is 13.8 Å². The molecular formula is C15H25N. The molecule has 1 aromatic rings. The van der Waals surface area contributed by atoms with Crippen molar-refractivity contribution < 1.29 is 0 Å². The van der Waals surface area contributed by atoms with Gasteiger partial charge in [0.05, 0.1) is 0 Å². The predicted octanol–water partition coefficient (Wildman–Crippen LogP) is 4.26. The standard InChI is InChI=1S/C13H19N.C2H6/c1-13(2,3)14-10-6-8-11-7-4-5-9-12(11)14;1-2/h4-5,7,9H,6,8,10H2,1-3H3;1-2H3. The zero-order valence-corrected chi connectivity index (χ0v) is 11.4. The van der Waals surface area contributed by atoms with Crippen LogP contribution in [0.1, 0.15) is 46.6 Å². The third-order valence-electron chi connectivity index (χ3n) is 2.92. The molecule has 90 valence electrons. The van der Waals surface area contributed by atoms with Crippen molar-refractivity contribution in [2.24, 2.45) is 0 Å². The number of rotatable bonds is 0. The summed E-state index contributed by atoms with van der Waals surface area (Å²) in [4.78, 5) is 2.52. The maximum atomic E-state index is 2.52. The molecule has 0 aliphatic carbocycles. The maximum absolute atomic E-state index is 2.52. The van der Waals surface area contributed by atoms with Crippen LogP contribution in [-0.4, -0.2) is 12.1 Å². The predicted molar refractivity (Wildman–Crippen MR) is 73.2 cm³/mol. The molecule has 16 heavy (non-hydrogen) atoms. The number of benzene rings is 1. The van der Waals surface area contributed by atoms with Gasteiger partial charge in [-0.3, -0.25) is 0 Å². The van der Waals surface area contributed by atoms with Crippen molar-refractivity contribution in [1.29, 1.82) is 0 Å². The van der Waals surface area contributed by atoms with Crippen LogP contribution in [0.4, 0.5) is 5.69 Å². The Morgan fingerprint density at radius 2 is 1.69 bits per heavy atom. The highest BCUT2D eigenvalue weighted by Gasteiger charge is 2.25. The molecule has 0 unspecified atom stereocenters. The molecule has 0 atom stereocenters. The van der Waals surface area contributed by atoms with Gasteiger partial charge in [-0.1, -0.05) is 32.0 Å². The summed E-state index contributed by atoms with van der Waals surface area (Å²) in [6.45, 7) is 12.1. The fraction of sp³-hybridized carbons (Fsp3) is 0.600. The molecule has 0 fully saturated rings. The van der Waals surface area contributed by atoms with E-state index in [2.05, 4.69) is 49.9 Å². The maximum Gasteiger partial charge on any atom is 0.0403 e. The number of para-hydroxylation sites is 1. The molecule has 1 nitrogen and oxygen atoms in total. The van der Waals surface area contributed by atoms with E-state index in [0.29, 0.717) is 0 Å². The molecule has 0 saturated heterocycles. The largest absolute Gasteiger partial charge is 0.366 e. The highest BCUT2D eigenvalue weighted by atomic mass is 15.2. The van der Waals surface area contributed by atoms with E-state index >= 15 is 0 Å². The molecule has 0 saturated carbocycles. The second kappa shape index (κ2) is 5.38. The average molecular weight is 219 g/mol. The van der Waals surface area contributed by atoms with Gasteiger partial charge in [0.2, 0.25) is 0 Å². The second-order valence-electron chi connectivity index (χ2n) is 5.05. The lowest BCUT2D eigenvalue weighted by Gasteiger charge is -2.41. The number of nitrogens with zero attached hydrogens (tertiary/aromatic N) is 1. The molecule has 0 amide bonds. The molecule has 1 heterocycles. The van der Waals surface area contributed by atoms with E-state index in [0.717, 1.165) is 0 Å². The van der Waals surface area contributed by atoms with Gasteiger partial charge >= 0.3 is 0 Å². The Labute approximate surface area is 100 Å². The average Bonchev–Trinajstić information content (AvgIpc) is 2.30. The molecule has 0 N–H and O–H groups in total. The van der Waals surface area contributed by atoms with E-state index in [-0.39, 0.29) is 5.54 Å². The van der Waals surface area contributed by atoms with E-state index < -0.39 is 0 Å². The van der Waals surface area contributed by atoms with Gasteiger partial charge in [-0.25, -0.2) is 0 Å². The van der Waals surface area contributed by atoms with Crippen molar-refractivity contribution in [1.82, 2.24) is 0 Å². The normalized spacial score (nSPS) is 14.9. The summed E-state index contributed by atoms with van der Waals surface area (Å²) in [5.41, 5.74) is 3.19. The van der Waals surface area contributed by atoms with E-state index in [9.17, 15) is 0 Å². The lowest BCUT2D eigenvalue weighted by molar-refractivity contribution is 0.483. The van der Waals surface area contributed by atoms with Crippen LogP contribution in [0.5, 0.6) is 0 Å². The quantitative estimate of drug-likeness (QED) is 0.630. The van der Waals surface area contributed by atoms with E-state index in [4.69, 9.17) is 0 Å². The third kappa shape index (κ3) is 2.78. The molecule has 0 aromatic heterocycles. The van der Waals surface area contributed by atoms with Crippen molar-refractivity contribution in [2.75, 3.05) is 11.4 Å². The number of hydrogen-bond donors (Lipinski definition) is 0. The molecule has 1 aliphatic heterocycles. The first kappa shape index (κ1) is 13.1. The van der Waals surface area contributed by atoms with Crippen molar-refractivity contribution in [2.45, 2.75) is 53.0 Å². The molecule has 0 radical (unpaired) electrons. The number of hydrogen-bond acceptors (Lipinski definition) is 1. The van der Waals surface area contributed by atoms with Gasteiger partial charge < -0.3 is 4.90 Å². The zero-order chi connectivity index (χ0) is 12.2. The number of fused-ring (bicyclic) bond motifs is 1. The first-order valence-electron chi connectivity index (χ1n) is 6.44. The van der Waals surface area contributed by atoms with Gasteiger partial charge in [-0.05, 0) is 45.2 Å². The van der Waals surface area contributed by atoms with Crippen LogP contribution in [0.3, 0.4) is 0 Å². The highest BCUT2D eigenvalue weighted by molar-refractivity contribution is 5.57. The Kier molecular flexibility index (Phi) is 4.40. The molecule has 1 aromatic carbocycles. The van der Waals surface area contributed by atoms with Crippen LogP contribution in [-0.2, 0) is 6.42 Å². The Morgan fingerprint density at radius 3 is 2.31 bits per heavy atom. The smallest absolute Gasteiger partial charge is 0.0403 e. The monoisotopic (exact) mass is 219 g/mol. The first-order valence-corrected chi connectivity index (χ1v) is 6.44. The van der Waals surface area contributed by atoms with Crippen molar-refractivity contribution in [3.63, 3.8) is 0 Å². The van der Waals surface area contributed by atoms with Gasteiger partial charge in [0, 0.05) is 17.8 Å². The second-order valence-corrected chi connectivity index (χ2v) is 5.05. The molecule has 1 heteroatoms. The fourth-order valence-electron chi connectivity index (χ4n) is 2.23. The van der Waals surface area contributed by atoms with Crippen LogP contribution >= 0.6 is 0 Å². The van der Waals surface area contributed by atoms with Gasteiger partial charge in [-0.2, -0.15) is 0 Å². The minimum absolute atomic E-state index is 0.247. The minimum Gasteiger partial charge on any atom is -0.366 e. The van der Waals surface area contributed by atoms with Crippen LogP contribution < -0.4 is 4.90 Å². The summed E-state index contributed by atoms with van der Waals surface area (Å²) in [7, 11) is 0. The van der Waals surface area contributed by atoms with Gasteiger partial charge in [0.15, 0.2) is 0 Å². The molecule has 2 rings (SSSR count). The molecule has 0 bridgehead atoms. The van der Waals surface area contributed by atoms with Crippen molar-refractivity contribution in [3.8, 4) is 0 Å². The molecule has 1 aliphatic rings. The highest BCUT2D eigenvalue weighted by Crippen LogP contribution is 2.31. The van der Waals surface area contributed by atoms with E-state index in [1.165, 1.54) is 30.6 Å². The summed E-state index contributed by atoms with van der Waals surface area (Å²) in [5, 5.41) is 0. The van der Waals surface area contributed by atoms with Crippen molar-refractivity contribution >= 4 is 5.69 Å².